The fourth-order valence-electron chi connectivity index (χ4n) is 3.78. The summed E-state index contributed by atoms with van der Waals surface area (Å²) in [6.07, 6.45) is 2.05. The smallest absolute Gasteiger partial charge is 0.306 e. The number of nitrogens with zero attached hydrogens (tertiary/aromatic N) is 2. The molecule has 2 heterocycles. The van der Waals surface area contributed by atoms with Crippen molar-refractivity contribution in [2.75, 3.05) is 24.5 Å². The van der Waals surface area contributed by atoms with Crippen molar-refractivity contribution in [3.63, 3.8) is 0 Å². The molecule has 3 rings (SSSR count). The second kappa shape index (κ2) is 7.25. The molecule has 2 aliphatic rings. The van der Waals surface area contributed by atoms with Crippen molar-refractivity contribution in [1.29, 1.82) is 0 Å². The summed E-state index contributed by atoms with van der Waals surface area (Å²) in [5.41, 5.74) is 2.00. The predicted molar refractivity (Wildman–Crippen MR) is 93.2 cm³/mol. The van der Waals surface area contributed by atoms with Crippen LogP contribution in [0.15, 0.2) is 24.3 Å². The molecule has 25 heavy (non-hydrogen) atoms. The van der Waals surface area contributed by atoms with Crippen molar-refractivity contribution in [1.82, 2.24) is 4.90 Å². The van der Waals surface area contributed by atoms with E-state index >= 15 is 0 Å². The molecule has 1 N–H and O–H groups in total. The van der Waals surface area contributed by atoms with Crippen LogP contribution in [0, 0.1) is 11.8 Å². The molecule has 1 atom stereocenters. The van der Waals surface area contributed by atoms with Gasteiger partial charge in [-0.1, -0.05) is 25.1 Å². The molecular formula is C19H24N2O4. The lowest BCUT2D eigenvalue weighted by Gasteiger charge is -2.31. The van der Waals surface area contributed by atoms with Gasteiger partial charge in [0, 0.05) is 31.7 Å². The zero-order chi connectivity index (χ0) is 18.0. The molecule has 0 saturated carbocycles. The second-order valence-corrected chi connectivity index (χ2v) is 6.83. The fourth-order valence-corrected chi connectivity index (χ4v) is 3.78. The number of hydrogen-bond acceptors (Lipinski definition) is 3. The third-order valence-corrected chi connectivity index (χ3v) is 5.29. The van der Waals surface area contributed by atoms with Crippen LogP contribution < -0.4 is 4.90 Å². The van der Waals surface area contributed by atoms with E-state index in [4.69, 9.17) is 5.11 Å². The maximum atomic E-state index is 12.8. The summed E-state index contributed by atoms with van der Waals surface area (Å²) >= 11 is 0. The molecule has 0 spiro atoms. The average Bonchev–Trinajstić information content (AvgIpc) is 3.02. The van der Waals surface area contributed by atoms with Crippen LogP contribution in [-0.2, 0) is 20.8 Å². The van der Waals surface area contributed by atoms with Crippen molar-refractivity contribution in [2.45, 2.75) is 32.6 Å². The predicted octanol–water partition coefficient (Wildman–Crippen LogP) is 1.93. The molecule has 0 aliphatic carbocycles. The van der Waals surface area contributed by atoms with Crippen molar-refractivity contribution in [3.8, 4) is 0 Å². The van der Waals surface area contributed by atoms with Crippen LogP contribution >= 0.6 is 0 Å². The number of para-hydroxylation sites is 1. The lowest BCUT2D eigenvalue weighted by molar-refractivity contribution is -0.146. The molecule has 1 aromatic rings. The molecule has 2 fully saturated rings. The van der Waals surface area contributed by atoms with Crippen molar-refractivity contribution < 1.29 is 19.5 Å². The highest BCUT2D eigenvalue weighted by Gasteiger charge is 2.39. The van der Waals surface area contributed by atoms with Gasteiger partial charge in [0.1, 0.15) is 0 Å². The van der Waals surface area contributed by atoms with E-state index in [0.717, 1.165) is 17.7 Å². The Morgan fingerprint density at radius 1 is 1.16 bits per heavy atom. The van der Waals surface area contributed by atoms with Gasteiger partial charge in [0.2, 0.25) is 11.8 Å². The van der Waals surface area contributed by atoms with E-state index in [-0.39, 0.29) is 30.1 Å². The number of amides is 2. The Kier molecular flexibility index (Phi) is 5.06. The van der Waals surface area contributed by atoms with E-state index in [1.54, 1.807) is 9.80 Å². The Morgan fingerprint density at radius 2 is 1.84 bits per heavy atom. The number of benzene rings is 1. The highest BCUT2D eigenvalue weighted by atomic mass is 16.4. The summed E-state index contributed by atoms with van der Waals surface area (Å²) in [5.74, 6) is -1.51. The maximum absolute atomic E-state index is 12.8. The zero-order valence-corrected chi connectivity index (χ0v) is 14.5. The van der Waals surface area contributed by atoms with Crippen molar-refractivity contribution >= 4 is 23.5 Å². The van der Waals surface area contributed by atoms with Gasteiger partial charge in [-0.05, 0) is 30.9 Å². The minimum absolute atomic E-state index is 0.0142. The monoisotopic (exact) mass is 344 g/mol. The van der Waals surface area contributed by atoms with Gasteiger partial charge in [0.25, 0.3) is 0 Å². The van der Waals surface area contributed by atoms with E-state index < -0.39 is 5.97 Å². The van der Waals surface area contributed by atoms with E-state index in [0.29, 0.717) is 32.5 Å². The topological polar surface area (TPSA) is 77.9 Å². The second-order valence-electron chi connectivity index (χ2n) is 6.83. The highest BCUT2D eigenvalue weighted by Crippen LogP contribution is 2.30. The van der Waals surface area contributed by atoms with Crippen LogP contribution in [0.3, 0.4) is 0 Å². The summed E-state index contributed by atoms with van der Waals surface area (Å²) in [6.45, 7) is 3.39. The number of aliphatic carboxylic acids is 1. The minimum atomic E-state index is -0.787. The van der Waals surface area contributed by atoms with Gasteiger partial charge in [-0.2, -0.15) is 0 Å². The first-order valence-corrected chi connectivity index (χ1v) is 8.91. The normalized spacial score (nSPS) is 21.6. The minimum Gasteiger partial charge on any atom is -0.481 e. The van der Waals surface area contributed by atoms with Crippen LogP contribution in [0.25, 0.3) is 0 Å². The van der Waals surface area contributed by atoms with Crippen LogP contribution in [0.1, 0.15) is 31.7 Å². The van der Waals surface area contributed by atoms with Crippen LogP contribution in [0.4, 0.5) is 5.69 Å². The van der Waals surface area contributed by atoms with Gasteiger partial charge in [-0.3, -0.25) is 14.4 Å². The largest absolute Gasteiger partial charge is 0.481 e. The van der Waals surface area contributed by atoms with Gasteiger partial charge in [-0.15, -0.1) is 0 Å². The summed E-state index contributed by atoms with van der Waals surface area (Å²) < 4.78 is 0. The lowest BCUT2D eigenvalue weighted by Crippen LogP contribution is -2.43. The van der Waals surface area contributed by atoms with E-state index in [1.807, 2.05) is 24.3 Å². The Bertz CT molecular complexity index is 680. The number of carbonyl (C=O) groups is 3. The van der Waals surface area contributed by atoms with Gasteiger partial charge in [0.05, 0.1) is 11.8 Å². The number of rotatable bonds is 4. The summed E-state index contributed by atoms with van der Waals surface area (Å²) in [4.78, 5) is 39.7. The van der Waals surface area contributed by atoms with Gasteiger partial charge >= 0.3 is 5.97 Å². The van der Waals surface area contributed by atoms with Gasteiger partial charge in [-0.25, -0.2) is 0 Å². The number of aryl methyl sites for hydroxylation is 1. The Morgan fingerprint density at radius 3 is 2.48 bits per heavy atom. The molecule has 6 nitrogen and oxygen atoms in total. The fraction of sp³-hybridized carbons (Fsp3) is 0.526. The third kappa shape index (κ3) is 3.52. The van der Waals surface area contributed by atoms with Crippen LogP contribution in [-0.4, -0.2) is 47.4 Å². The number of likely N-dealkylation sites (tertiary alicyclic amines) is 1. The summed E-state index contributed by atoms with van der Waals surface area (Å²) in [7, 11) is 0. The Hall–Kier alpha value is -2.37. The van der Waals surface area contributed by atoms with Crippen molar-refractivity contribution in [2.24, 2.45) is 11.8 Å². The van der Waals surface area contributed by atoms with E-state index in [2.05, 4.69) is 6.92 Å². The third-order valence-electron chi connectivity index (χ3n) is 5.29. The number of hydrogen-bond donors (Lipinski definition) is 1. The Balaban J connectivity index is 1.66. The number of carboxylic acid groups (broad SMARTS) is 1. The molecule has 0 bridgehead atoms. The molecule has 1 unspecified atom stereocenters. The zero-order valence-electron chi connectivity index (χ0n) is 14.5. The molecule has 2 saturated heterocycles. The highest BCUT2D eigenvalue weighted by molar-refractivity contribution is 6.00. The average molecular weight is 344 g/mol. The van der Waals surface area contributed by atoms with Gasteiger partial charge < -0.3 is 14.9 Å². The first-order valence-electron chi connectivity index (χ1n) is 8.91. The van der Waals surface area contributed by atoms with Crippen molar-refractivity contribution in [3.05, 3.63) is 29.8 Å². The Labute approximate surface area is 147 Å². The first kappa shape index (κ1) is 17.5. The van der Waals surface area contributed by atoms with E-state index in [9.17, 15) is 14.4 Å². The number of piperidine rings is 1. The lowest BCUT2D eigenvalue weighted by atomic mass is 9.95. The van der Waals surface area contributed by atoms with Crippen LogP contribution in [0.2, 0.25) is 0 Å². The SMILES string of the molecule is CCc1ccccc1N1CC(C(=O)N2CCC(C(=O)O)CC2)CC1=O. The number of carboxylic acids is 1. The quantitative estimate of drug-likeness (QED) is 0.905. The number of anilines is 1. The van der Waals surface area contributed by atoms with Gasteiger partial charge in [0.15, 0.2) is 0 Å². The molecule has 134 valence electrons. The molecule has 0 aromatic heterocycles. The molecule has 2 amide bonds. The maximum Gasteiger partial charge on any atom is 0.306 e. The molecular weight excluding hydrogens is 320 g/mol. The standard InChI is InChI=1S/C19H24N2O4/c1-2-13-5-3-4-6-16(13)21-12-15(11-17(21)22)18(23)20-9-7-14(8-10-20)19(24)25/h3-6,14-15H,2,7-12H2,1H3,(H,24,25). The summed E-state index contributed by atoms with van der Waals surface area (Å²) in [6, 6.07) is 7.81. The molecule has 6 heteroatoms. The number of carbonyl (C=O) groups excluding carboxylic acids is 2. The molecule has 0 radical (unpaired) electrons. The first-order chi connectivity index (χ1) is 12.0. The van der Waals surface area contributed by atoms with E-state index in [1.165, 1.54) is 0 Å². The molecule has 2 aliphatic heterocycles. The summed E-state index contributed by atoms with van der Waals surface area (Å²) in [5, 5.41) is 9.06. The molecule has 1 aromatic carbocycles. The van der Waals surface area contributed by atoms with Crippen LogP contribution in [0.5, 0.6) is 0 Å².